The summed E-state index contributed by atoms with van der Waals surface area (Å²) >= 11 is 0. The number of ether oxygens (including phenoxy) is 1. The lowest BCUT2D eigenvalue weighted by Gasteiger charge is -2.22. The predicted molar refractivity (Wildman–Crippen MR) is 333 cm³/mol. The Bertz CT molecular complexity index is 1140. The number of esters is 1. The highest BCUT2D eigenvalue weighted by Gasteiger charge is 2.20. The smallest absolute Gasteiger partial charge is 0.305 e. The molecule has 76 heavy (non-hydrogen) atoms. The van der Waals surface area contributed by atoms with Gasteiger partial charge in [0.2, 0.25) is 5.91 Å². The minimum absolute atomic E-state index is 0.0183. The number of allylic oxidation sites excluding steroid dienone is 2. The van der Waals surface area contributed by atoms with Crippen LogP contribution in [-0.4, -0.2) is 47.4 Å². The number of nitrogens with one attached hydrogen (secondary N) is 1. The number of aliphatic hydroxyl groups excluding tert-OH is 2. The van der Waals surface area contributed by atoms with Gasteiger partial charge in [-0.25, -0.2) is 0 Å². The molecule has 6 heteroatoms. The van der Waals surface area contributed by atoms with Crippen molar-refractivity contribution in [2.75, 3.05) is 13.2 Å². The number of rotatable bonds is 66. The van der Waals surface area contributed by atoms with Crippen LogP contribution in [0.25, 0.3) is 0 Å². The minimum Gasteiger partial charge on any atom is -0.466 e. The van der Waals surface area contributed by atoms with E-state index in [2.05, 4.69) is 31.3 Å². The fourth-order valence-electron chi connectivity index (χ4n) is 11.2. The van der Waals surface area contributed by atoms with Gasteiger partial charge in [-0.05, 0) is 51.4 Å². The van der Waals surface area contributed by atoms with Crippen molar-refractivity contribution in [1.29, 1.82) is 0 Å². The highest BCUT2D eigenvalue weighted by Crippen LogP contribution is 2.19. The molecule has 0 aliphatic carbocycles. The van der Waals surface area contributed by atoms with Gasteiger partial charge >= 0.3 is 5.97 Å². The lowest BCUT2D eigenvalue weighted by atomic mass is 10.0. The Balaban J connectivity index is 3.37. The molecule has 0 saturated heterocycles. The molecule has 0 spiro atoms. The van der Waals surface area contributed by atoms with Gasteiger partial charge in [0.1, 0.15) is 0 Å². The average Bonchev–Trinajstić information content (AvgIpc) is 3.42. The number of hydrogen-bond donors (Lipinski definition) is 3. The van der Waals surface area contributed by atoms with Gasteiger partial charge in [0.05, 0.1) is 25.4 Å². The van der Waals surface area contributed by atoms with Crippen LogP contribution in [0.4, 0.5) is 0 Å². The zero-order valence-electron chi connectivity index (χ0n) is 51.8. The maximum absolute atomic E-state index is 12.5. The van der Waals surface area contributed by atoms with E-state index >= 15 is 0 Å². The fourth-order valence-corrected chi connectivity index (χ4v) is 11.2. The number of aliphatic hydroxyl groups is 2. The molecular formula is C70H137NO5. The van der Waals surface area contributed by atoms with Crippen LogP contribution in [0, 0.1) is 0 Å². The summed E-state index contributed by atoms with van der Waals surface area (Å²) in [5, 5.41) is 23.4. The highest BCUT2D eigenvalue weighted by atomic mass is 16.5. The van der Waals surface area contributed by atoms with E-state index in [1.807, 2.05) is 0 Å². The second-order valence-corrected chi connectivity index (χ2v) is 24.2. The first-order valence-corrected chi connectivity index (χ1v) is 34.9. The van der Waals surface area contributed by atoms with Crippen molar-refractivity contribution in [2.45, 2.75) is 411 Å². The predicted octanol–water partition coefficient (Wildman–Crippen LogP) is 22.4. The normalized spacial score (nSPS) is 12.5. The van der Waals surface area contributed by atoms with E-state index in [1.54, 1.807) is 0 Å². The molecule has 0 aliphatic heterocycles. The summed E-state index contributed by atoms with van der Waals surface area (Å²) in [5.74, 6) is -0.0144. The number of carbonyl (C=O) groups excluding carboxylic acids is 2. The lowest BCUT2D eigenvalue weighted by Crippen LogP contribution is -2.45. The molecule has 1 amide bonds. The van der Waals surface area contributed by atoms with Gasteiger partial charge in [-0.1, -0.05) is 347 Å². The van der Waals surface area contributed by atoms with Gasteiger partial charge in [-0.15, -0.1) is 0 Å². The fraction of sp³-hybridized carbons (Fsp3) is 0.943. The quantitative estimate of drug-likeness (QED) is 0.0320. The molecular weight excluding hydrogens is 935 g/mol. The van der Waals surface area contributed by atoms with Gasteiger partial charge in [0.15, 0.2) is 0 Å². The summed E-state index contributed by atoms with van der Waals surface area (Å²) in [6.07, 6.45) is 81.1. The largest absolute Gasteiger partial charge is 0.466 e. The molecule has 2 unspecified atom stereocenters. The topological polar surface area (TPSA) is 95.9 Å². The second kappa shape index (κ2) is 66.1. The number of hydrogen-bond acceptors (Lipinski definition) is 5. The van der Waals surface area contributed by atoms with Crippen molar-refractivity contribution in [2.24, 2.45) is 0 Å². The van der Waals surface area contributed by atoms with E-state index in [9.17, 15) is 19.8 Å². The lowest BCUT2D eigenvalue weighted by molar-refractivity contribution is -0.143. The molecule has 6 nitrogen and oxygen atoms in total. The van der Waals surface area contributed by atoms with Gasteiger partial charge in [-0.3, -0.25) is 9.59 Å². The second-order valence-electron chi connectivity index (χ2n) is 24.2. The Hall–Kier alpha value is -1.40. The van der Waals surface area contributed by atoms with Gasteiger partial charge in [-0.2, -0.15) is 0 Å². The van der Waals surface area contributed by atoms with E-state index in [0.29, 0.717) is 25.9 Å². The maximum atomic E-state index is 12.5. The molecule has 452 valence electrons. The minimum atomic E-state index is -0.665. The van der Waals surface area contributed by atoms with E-state index in [0.717, 1.165) is 38.5 Å². The van der Waals surface area contributed by atoms with Crippen LogP contribution < -0.4 is 5.32 Å². The summed E-state index contributed by atoms with van der Waals surface area (Å²) < 4.78 is 5.50. The zero-order valence-corrected chi connectivity index (χ0v) is 51.8. The third-order valence-electron chi connectivity index (χ3n) is 16.6. The Kier molecular flexibility index (Phi) is 64.9. The number of unbranched alkanes of at least 4 members (excludes halogenated alkanes) is 53. The van der Waals surface area contributed by atoms with Crippen molar-refractivity contribution < 1.29 is 24.5 Å². The van der Waals surface area contributed by atoms with Crippen LogP contribution in [-0.2, 0) is 14.3 Å². The number of carbonyl (C=O) groups is 2. The van der Waals surface area contributed by atoms with Crippen molar-refractivity contribution in [3.8, 4) is 0 Å². The van der Waals surface area contributed by atoms with E-state index in [-0.39, 0.29) is 18.5 Å². The molecule has 0 heterocycles. The van der Waals surface area contributed by atoms with E-state index in [1.165, 1.54) is 327 Å². The Morgan fingerprint density at radius 2 is 0.618 bits per heavy atom. The molecule has 3 N–H and O–H groups in total. The van der Waals surface area contributed by atoms with Crippen LogP contribution in [0.1, 0.15) is 399 Å². The molecule has 0 aromatic heterocycles. The summed E-state index contributed by atoms with van der Waals surface area (Å²) in [4.78, 5) is 24.6. The summed E-state index contributed by atoms with van der Waals surface area (Å²) in [5.41, 5.74) is 0. The molecule has 0 aromatic rings. The van der Waals surface area contributed by atoms with Crippen LogP contribution >= 0.6 is 0 Å². The third kappa shape index (κ3) is 61.8. The summed E-state index contributed by atoms with van der Waals surface area (Å²) in [7, 11) is 0. The molecule has 0 rings (SSSR count). The van der Waals surface area contributed by atoms with Crippen molar-refractivity contribution in [3.05, 3.63) is 12.2 Å². The summed E-state index contributed by atoms with van der Waals surface area (Å²) in [6, 6.07) is -0.543. The van der Waals surface area contributed by atoms with Gasteiger partial charge in [0, 0.05) is 12.8 Å². The molecule has 2 atom stereocenters. The van der Waals surface area contributed by atoms with Crippen molar-refractivity contribution >= 4 is 11.9 Å². The Labute approximate surface area is 476 Å². The van der Waals surface area contributed by atoms with Crippen LogP contribution in [0.15, 0.2) is 12.2 Å². The Morgan fingerprint density at radius 1 is 0.355 bits per heavy atom. The molecule has 0 fully saturated rings. The van der Waals surface area contributed by atoms with Gasteiger partial charge < -0.3 is 20.3 Å². The SMILES string of the molecule is CCCCCCCCCCCCCCCCCCCCC(O)C(CO)NC(=O)CCCCCCCCCCCC/C=C\CCCCCCCCCCCCCCOC(=O)CCCCCCCCCCCCCCCCC. The summed E-state index contributed by atoms with van der Waals surface area (Å²) in [6.45, 7) is 5.00. The van der Waals surface area contributed by atoms with Crippen LogP contribution in [0.5, 0.6) is 0 Å². The monoisotopic (exact) mass is 1070 g/mol. The third-order valence-corrected chi connectivity index (χ3v) is 16.6. The van der Waals surface area contributed by atoms with Crippen LogP contribution in [0.3, 0.4) is 0 Å². The van der Waals surface area contributed by atoms with E-state index in [4.69, 9.17) is 4.74 Å². The van der Waals surface area contributed by atoms with Crippen LogP contribution in [0.2, 0.25) is 0 Å². The first kappa shape index (κ1) is 74.6. The molecule has 0 bridgehead atoms. The number of amides is 1. The molecule has 0 aromatic carbocycles. The first-order chi connectivity index (χ1) is 37.5. The Morgan fingerprint density at radius 3 is 0.934 bits per heavy atom. The zero-order chi connectivity index (χ0) is 55.0. The first-order valence-electron chi connectivity index (χ1n) is 34.9. The molecule has 0 saturated carbocycles. The van der Waals surface area contributed by atoms with Crippen molar-refractivity contribution in [3.63, 3.8) is 0 Å². The average molecular weight is 1070 g/mol. The van der Waals surface area contributed by atoms with E-state index < -0.39 is 12.1 Å². The molecule has 0 aliphatic rings. The van der Waals surface area contributed by atoms with Gasteiger partial charge in [0.25, 0.3) is 0 Å². The molecule has 0 radical (unpaired) electrons. The standard InChI is InChI=1S/C70H137NO5/c1-3-5-7-9-11-13-15-17-19-20-31-35-38-42-46-50-54-58-62-68(73)67(66-72)71-69(74)63-59-55-51-47-43-39-36-32-29-27-25-23-21-22-24-26-28-30-33-37-41-45-49-53-57-61-65-76-70(75)64-60-56-52-48-44-40-34-18-16-14-12-10-8-6-4-2/h21,23,67-68,72-73H,3-20,22,24-66H2,1-2H3,(H,71,74)/b23-21-. The maximum Gasteiger partial charge on any atom is 0.305 e. The van der Waals surface area contributed by atoms with Crippen molar-refractivity contribution in [1.82, 2.24) is 5.32 Å². The highest BCUT2D eigenvalue weighted by molar-refractivity contribution is 5.76.